The van der Waals surface area contributed by atoms with E-state index in [4.69, 9.17) is 9.73 Å². The number of nitrogens with zero attached hydrogens (tertiary/aromatic N) is 3. The lowest BCUT2D eigenvalue weighted by Crippen LogP contribution is -2.41. The van der Waals surface area contributed by atoms with Crippen LogP contribution in [0.25, 0.3) is 10.2 Å². The van der Waals surface area contributed by atoms with E-state index in [2.05, 4.69) is 45.6 Å². The monoisotopic (exact) mass is 385 g/mol. The van der Waals surface area contributed by atoms with E-state index in [-0.39, 0.29) is 0 Å². The quantitative estimate of drug-likeness (QED) is 0.471. The number of ether oxygens (including phenoxy) is 1. The zero-order chi connectivity index (χ0) is 18.2. The molecule has 5 rings (SSSR count). The van der Waals surface area contributed by atoms with Crippen LogP contribution in [0.15, 0.2) is 29.3 Å². The molecule has 2 bridgehead atoms. The fraction of sp³-hybridized carbons (Fsp3) is 0.600. The van der Waals surface area contributed by atoms with Crippen molar-refractivity contribution in [1.29, 1.82) is 0 Å². The molecule has 3 aliphatic rings. The number of anilines is 1. The molecule has 0 aliphatic carbocycles. The molecule has 0 amide bonds. The number of thiazole rings is 1. The summed E-state index contributed by atoms with van der Waals surface area (Å²) >= 11 is 1.70. The maximum Gasteiger partial charge on any atom is 0.193 e. The Morgan fingerprint density at radius 1 is 1.26 bits per heavy atom. The number of guanidine groups is 1. The SMILES string of the molecule is CCNC(=NCCNc1nc2ccccc2s1)N1CC2C3CCC(O3)C2C1. The van der Waals surface area contributed by atoms with Gasteiger partial charge in [0.05, 0.1) is 29.0 Å². The molecule has 3 saturated heterocycles. The number of hydrogen-bond acceptors (Lipinski definition) is 5. The summed E-state index contributed by atoms with van der Waals surface area (Å²) in [5.74, 6) is 2.46. The van der Waals surface area contributed by atoms with E-state index in [9.17, 15) is 0 Å². The highest BCUT2D eigenvalue weighted by Crippen LogP contribution is 2.47. The van der Waals surface area contributed by atoms with Gasteiger partial charge in [-0.15, -0.1) is 0 Å². The van der Waals surface area contributed by atoms with Crippen LogP contribution in [0.1, 0.15) is 19.8 Å². The van der Waals surface area contributed by atoms with Gasteiger partial charge in [0, 0.05) is 38.0 Å². The van der Waals surface area contributed by atoms with E-state index in [1.807, 2.05) is 6.07 Å². The Balaban J connectivity index is 1.18. The first kappa shape index (κ1) is 17.3. The third kappa shape index (κ3) is 3.27. The van der Waals surface area contributed by atoms with E-state index in [1.54, 1.807) is 11.3 Å². The molecule has 0 saturated carbocycles. The van der Waals surface area contributed by atoms with E-state index >= 15 is 0 Å². The van der Waals surface area contributed by atoms with E-state index in [0.717, 1.165) is 49.3 Å². The van der Waals surface area contributed by atoms with Crippen molar-refractivity contribution >= 4 is 32.6 Å². The summed E-state index contributed by atoms with van der Waals surface area (Å²) in [7, 11) is 0. The maximum absolute atomic E-state index is 6.10. The molecule has 27 heavy (non-hydrogen) atoms. The van der Waals surface area contributed by atoms with E-state index in [0.29, 0.717) is 24.0 Å². The Kier molecular flexibility index (Phi) is 4.65. The van der Waals surface area contributed by atoms with Crippen LogP contribution in [0.4, 0.5) is 5.13 Å². The van der Waals surface area contributed by atoms with Gasteiger partial charge in [0.15, 0.2) is 11.1 Å². The van der Waals surface area contributed by atoms with Gasteiger partial charge in [0.2, 0.25) is 0 Å². The number of aromatic nitrogens is 1. The highest BCUT2D eigenvalue weighted by molar-refractivity contribution is 7.22. The van der Waals surface area contributed by atoms with Gasteiger partial charge in [-0.2, -0.15) is 0 Å². The standard InChI is InChI=1S/C20H27N5OS/c1-2-21-19(25-11-13-14(12-25)17-8-7-16(13)26-17)22-9-10-23-20-24-15-5-3-4-6-18(15)27-20/h3-6,13-14,16-17H,2,7-12H2,1H3,(H,21,22)(H,23,24). The number of hydrogen-bond donors (Lipinski definition) is 2. The van der Waals surface area contributed by atoms with Crippen molar-refractivity contribution in [2.45, 2.75) is 32.0 Å². The molecule has 144 valence electrons. The van der Waals surface area contributed by atoms with Crippen molar-refractivity contribution < 1.29 is 4.74 Å². The Morgan fingerprint density at radius 3 is 2.78 bits per heavy atom. The zero-order valence-corrected chi connectivity index (χ0v) is 16.5. The molecule has 2 N–H and O–H groups in total. The van der Waals surface area contributed by atoms with Crippen molar-refractivity contribution in [2.24, 2.45) is 16.8 Å². The largest absolute Gasteiger partial charge is 0.374 e. The van der Waals surface area contributed by atoms with Crippen molar-refractivity contribution in [1.82, 2.24) is 15.2 Å². The fourth-order valence-electron chi connectivity index (χ4n) is 4.83. The van der Waals surface area contributed by atoms with E-state index in [1.165, 1.54) is 17.5 Å². The smallest absolute Gasteiger partial charge is 0.193 e. The van der Waals surface area contributed by atoms with Crippen LogP contribution < -0.4 is 10.6 Å². The van der Waals surface area contributed by atoms with Gasteiger partial charge in [-0.25, -0.2) is 4.98 Å². The summed E-state index contributed by atoms with van der Waals surface area (Å²) in [6.45, 7) is 6.75. The van der Waals surface area contributed by atoms with Crippen LogP contribution in [0.3, 0.4) is 0 Å². The average molecular weight is 386 g/mol. The number of fused-ring (bicyclic) bond motifs is 6. The number of likely N-dealkylation sites (tertiary alicyclic amines) is 1. The molecule has 2 aromatic rings. The van der Waals surface area contributed by atoms with Crippen LogP contribution in [-0.2, 0) is 4.74 Å². The normalized spacial score (nSPS) is 29.5. The van der Waals surface area contributed by atoms with Crippen molar-refractivity contribution in [3.63, 3.8) is 0 Å². The summed E-state index contributed by atoms with van der Waals surface area (Å²) in [6.07, 6.45) is 3.49. The number of benzene rings is 1. The van der Waals surface area contributed by atoms with E-state index < -0.39 is 0 Å². The van der Waals surface area contributed by atoms with Crippen LogP contribution in [0.5, 0.6) is 0 Å². The summed E-state index contributed by atoms with van der Waals surface area (Å²) in [6, 6.07) is 8.25. The number of aliphatic imine (C=N–C) groups is 1. The van der Waals surface area contributed by atoms with Crippen molar-refractivity contribution in [3.8, 4) is 0 Å². The molecule has 4 unspecified atom stereocenters. The van der Waals surface area contributed by atoms with Gasteiger partial charge in [-0.3, -0.25) is 4.99 Å². The molecule has 7 heteroatoms. The number of rotatable bonds is 5. The van der Waals surface area contributed by atoms with Gasteiger partial charge in [0.25, 0.3) is 0 Å². The fourth-order valence-corrected chi connectivity index (χ4v) is 5.72. The van der Waals surface area contributed by atoms with Crippen molar-refractivity contribution in [2.75, 3.05) is 38.0 Å². The third-order valence-electron chi connectivity index (χ3n) is 6.03. The molecule has 3 aliphatic heterocycles. The van der Waals surface area contributed by atoms with Crippen LogP contribution in [0.2, 0.25) is 0 Å². The van der Waals surface area contributed by atoms with Gasteiger partial charge >= 0.3 is 0 Å². The molecule has 0 radical (unpaired) electrons. The predicted molar refractivity (Wildman–Crippen MR) is 111 cm³/mol. The minimum Gasteiger partial charge on any atom is -0.374 e. The Morgan fingerprint density at radius 2 is 2.04 bits per heavy atom. The molecule has 6 nitrogen and oxygen atoms in total. The number of nitrogens with one attached hydrogen (secondary N) is 2. The Bertz CT molecular complexity index is 786. The molecule has 0 spiro atoms. The first-order chi connectivity index (χ1) is 13.3. The zero-order valence-electron chi connectivity index (χ0n) is 15.7. The summed E-state index contributed by atoms with van der Waals surface area (Å²) in [5, 5.41) is 7.87. The minimum atomic E-state index is 0.494. The second-order valence-corrected chi connectivity index (χ2v) is 8.70. The molecular formula is C20H27N5OS. The minimum absolute atomic E-state index is 0.494. The number of para-hydroxylation sites is 1. The van der Waals surface area contributed by atoms with Gasteiger partial charge in [-0.1, -0.05) is 23.5 Å². The van der Waals surface area contributed by atoms with Crippen LogP contribution in [-0.4, -0.2) is 60.8 Å². The lowest BCUT2D eigenvalue weighted by atomic mass is 9.82. The second-order valence-electron chi connectivity index (χ2n) is 7.67. The molecule has 1 aromatic carbocycles. The molecular weight excluding hydrogens is 358 g/mol. The first-order valence-electron chi connectivity index (χ1n) is 10.1. The molecule has 3 fully saturated rings. The van der Waals surface area contributed by atoms with Crippen LogP contribution >= 0.6 is 11.3 Å². The van der Waals surface area contributed by atoms with Gasteiger partial charge < -0.3 is 20.3 Å². The Hall–Kier alpha value is -1.86. The highest BCUT2D eigenvalue weighted by atomic mass is 32.1. The van der Waals surface area contributed by atoms with Gasteiger partial charge in [0.1, 0.15) is 0 Å². The molecule has 4 heterocycles. The highest BCUT2D eigenvalue weighted by Gasteiger charge is 2.53. The van der Waals surface area contributed by atoms with Crippen LogP contribution in [0, 0.1) is 11.8 Å². The summed E-state index contributed by atoms with van der Waals surface area (Å²) < 4.78 is 7.32. The lowest BCUT2D eigenvalue weighted by molar-refractivity contribution is 0.0767. The molecule has 1 aromatic heterocycles. The first-order valence-corrected chi connectivity index (χ1v) is 10.9. The molecule has 4 atom stereocenters. The third-order valence-corrected chi connectivity index (χ3v) is 7.02. The Labute approximate surface area is 164 Å². The summed E-state index contributed by atoms with van der Waals surface area (Å²) in [4.78, 5) is 11.9. The summed E-state index contributed by atoms with van der Waals surface area (Å²) in [5.41, 5.74) is 1.06. The predicted octanol–water partition coefficient (Wildman–Crippen LogP) is 2.78. The maximum atomic E-state index is 6.10. The van der Waals surface area contributed by atoms with Crippen molar-refractivity contribution in [3.05, 3.63) is 24.3 Å². The average Bonchev–Trinajstić information content (AvgIpc) is 3.44. The van der Waals surface area contributed by atoms with Gasteiger partial charge in [-0.05, 0) is 31.9 Å². The lowest BCUT2D eigenvalue weighted by Gasteiger charge is -2.23. The second kappa shape index (κ2) is 7.28. The topological polar surface area (TPSA) is 61.8 Å².